The fourth-order valence-electron chi connectivity index (χ4n) is 2.92. The summed E-state index contributed by atoms with van der Waals surface area (Å²) >= 11 is 6.29. The number of alkyl halides is 3. The maximum atomic E-state index is 13.3. The van der Waals surface area contributed by atoms with Crippen molar-refractivity contribution in [2.75, 3.05) is 0 Å². The molecule has 7 nitrogen and oxygen atoms in total. The van der Waals surface area contributed by atoms with Crippen LogP contribution >= 0.6 is 23.4 Å². The Morgan fingerprint density at radius 3 is 2.60 bits per heavy atom. The zero-order chi connectivity index (χ0) is 21.6. The number of fused-ring (bicyclic) bond motifs is 1. The number of carbonyl (C=O) groups is 2. The lowest BCUT2D eigenvalue weighted by molar-refractivity contribution is -0.144. The van der Waals surface area contributed by atoms with Crippen molar-refractivity contribution in [3.8, 4) is 0 Å². The van der Waals surface area contributed by atoms with Crippen molar-refractivity contribution >= 4 is 51.6 Å². The number of rotatable bonds is 3. The number of halogens is 4. The van der Waals surface area contributed by atoms with E-state index in [9.17, 15) is 28.0 Å². The molecule has 4 rings (SSSR count). The molecule has 0 atom stereocenters. The monoisotopic (exact) mass is 454 g/mol. The van der Waals surface area contributed by atoms with Crippen molar-refractivity contribution < 1.29 is 28.0 Å². The second-order valence-corrected chi connectivity index (χ2v) is 7.72. The molecular weight excluding hydrogens is 445 g/mol. The predicted molar refractivity (Wildman–Crippen MR) is 103 cm³/mol. The van der Waals surface area contributed by atoms with Crippen LogP contribution in [0.5, 0.6) is 0 Å². The lowest BCUT2D eigenvalue weighted by Crippen LogP contribution is -2.23. The second-order valence-electron chi connectivity index (χ2n) is 6.29. The Balaban J connectivity index is 1.66. The van der Waals surface area contributed by atoms with E-state index in [-0.39, 0.29) is 27.1 Å². The van der Waals surface area contributed by atoms with Crippen LogP contribution in [0.3, 0.4) is 0 Å². The maximum Gasteiger partial charge on any atom is 0.416 e. The van der Waals surface area contributed by atoms with Crippen LogP contribution in [0.4, 0.5) is 18.0 Å². The summed E-state index contributed by atoms with van der Waals surface area (Å²) in [7, 11) is 0. The van der Waals surface area contributed by atoms with Crippen LogP contribution in [-0.4, -0.2) is 36.4 Å². The molecule has 1 aliphatic rings. The van der Waals surface area contributed by atoms with Crippen molar-refractivity contribution in [1.29, 1.82) is 0 Å². The van der Waals surface area contributed by atoms with E-state index in [4.69, 9.17) is 11.6 Å². The molecule has 30 heavy (non-hydrogen) atoms. The molecule has 1 fully saturated rings. The van der Waals surface area contributed by atoms with Crippen LogP contribution < -0.4 is 0 Å². The number of benzene rings is 2. The van der Waals surface area contributed by atoms with E-state index < -0.39 is 22.9 Å². The molecule has 0 unspecified atom stereocenters. The van der Waals surface area contributed by atoms with Crippen molar-refractivity contribution in [2.24, 2.45) is 0 Å². The van der Waals surface area contributed by atoms with Gasteiger partial charge in [-0.2, -0.15) is 13.2 Å². The summed E-state index contributed by atoms with van der Waals surface area (Å²) in [6, 6.07) is 8.28. The Bertz CT molecular complexity index is 1230. The highest BCUT2D eigenvalue weighted by molar-refractivity contribution is 8.18. The summed E-state index contributed by atoms with van der Waals surface area (Å²) in [6.45, 7) is -0.175. The standard InChI is InChI=1S/C18H10ClF3N4O3S/c19-11-3-2-10(12(7-11)18(20,21)22)8-25-14-4-1-9(5-13(14)23-24-25)6-15-16(27)26(29)17(28)30-15/h1-7,29H,8H2. The van der Waals surface area contributed by atoms with E-state index in [1.807, 2.05) is 0 Å². The summed E-state index contributed by atoms with van der Waals surface area (Å²) in [4.78, 5) is 23.1. The van der Waals surface area contributed by atoms with E-state index in [0.29, 0.717) is 28.4 Å². The molecule has 2 heterocycles. The molecule has 2 aromatic carbocycles. The van der Waals surface area contributed by atoms with Crippen LogP contribution in [0.25, 0.3) is 17.1 Å². The fraction of sp³-hybridized carbons (Fsp3) is 0.111. The van der Waals surface area contributed by atoms with Gasteiger partial charge in [-0.1, -0.05) is 28.9 Å². The number of nitrogens with zero attached hydrogens (tertiary/aromatic N) is 4. The number of carbonyl (C=O) groups excluding carboxylic acids is 2. The predicted octanol–water partition coefficient (Wildman–Crippen LogP) is 4.58. The summed E-state index contributed by atoms with van der Waals surface area (Å²) < 4.78 is 41.3. The molecular formula is C18H10ClF3N4O3S. The van der Waals surface area contributed by atoms with Crippen molar-refractivity contribution in [3.05, 3.63) is 63.0 Å². The van der Waals surface area contributed by atoms with Gasteiger partial charge in [-0.25, -0.2) is 4.68 Å². The molecule has 3 aromatic rings. The number of amides is 2. The molecule has 1 aliphatic heterocycles. The Kier molecular flexibility index (Phi) is 5.04. The quantitative estimate of drug-likeness (QED) is 0.460. The van der Waals surface area contributed by atoms with Crippen LogP contribution in [0.15, 0.2) is 41.3 Å². The molecule has 1 aromatic heterocycles. The SMILES string of the molecule is O=C1SC(=Cc2ccc3c(c2)nnn3Cc2ccc(Cl)cc2C(F)(F)F)C(=O)N1O. The Morgan fingerprint density at radius 1 is 1.17 bits per heavy atom. The summed E-state index contributed by atoms with van der Waals surface area (Å²) in [5.74, 6) is -0.837. The maximum absolute atomic E-state index is 13.3. The molecule has 12 heteroatoms. The number of thioether (sulfide) groups is 1. The van der Waals surface area contributed by atoms with Crippen molar-refractivity contribution in [2.45, 2.75) is 12.7 Å². The molecule has 1 N–H and O–H groups in total. The third kappa shape index (κ3) is 3.78. The number of hydrogen-bond donors (Lipinski definition) is 1. The summed E-state index contributed by atoms with van der Waals surface area (Å²) in [6.07, 6.45) is -3.17. The molecule has 154 valence electrons. The molecule has 0 bridgehead atoms. The highest BCUT2D eigenvalue weighted by Gasteiger charge is 2.35. The van der Waals surface area contributed by atoms with Crippen molar-refractivity contribution in [3.63, 3.8) is 0 Å². The fourth-order valence-corrected chi connectivity index (χ4v) is 3.82. The van der Waals surface area contributed by atoms with Crippen LogP contribution in [0, 0.1) is 0 Å². The minimum absolute atomic E-state index is 0.0144. The van der Waals surface area contributed by atoms with Crippen LogP contribution in [0.2, 0.25) is 5.02 Å². The van der Waals surface area contributed by atoms with E-state index in [2.05, 4.69) is 10.3 Å². The lowest BCUT2D eigenvalue weighted by Gasteiger charge is -2.13. The normalized spacial score (nSPS) is 16.3. The van der Waals surface area contributed by atoms with E-state index >= 15 is 0 Å². The Hall–Kier alpha value is -2.89. The third-order valence-corrected chi connectivity index (χ3v) is 5.40. The van der Waals surface area contributed by atoms with Crippen molar-refractivity contribution in [1.82, 2.24) is 20.1 Å². The first kappa shape index (κ1) is 20.4. The third-order valence-electron chi connectivity index (χ3n) is 4.31. The second kappa shape index (κ2) is 7.42. The van der Waals surface area contributed by atoms with Gasteiger partial charge in [0.25, 0.3) is 5.91 Å². The first-order valence-corrected chi connectivity index (χ1v) is 9.48. The molecule has 0 aliphatic carbocycles. The molecule has 1 saturated heterocycles. The number of imide groups is 1. The highest BCUT2D eigenvalue weighted by atomic mass is 35.5. The van der Waals surface area contributed by atoms with E-state index in [1.54, 1.807) is 18.2 Å². The van der Waals surface area contributed by atoms with E-state index in [0.717, 1.165) is 6.07 Å². The minimum atomic E-state index is -4.57. The highest BCUT2D eigenvalue weighted by Crippen LogP contribution is 2.35. The average Bonchev–Trinajstić information content (AvgIpc) is 3.18. The van der Waals surface area contributed by atoms with Gasteiger partial charge >= 0.3 is 11.4 Å². The molecule has 0 saturated carbocycles. The van der Waals surface area contributed by atoms with Gasteiger partial charge in [0.15, 0.2) is 0 Å². The van der Waals surface area contributed by atoms with E-state index in [1.165, 1.54) is 22.9 Å². The molecule has 0 radical (unpaired) electrons. The van der Waals surface area contributed by atoms with Gasteiger partial charge < -0.3 is 0 Å². The van der Waals surface area contributed by atoms with Gasteiger partial charge in [-0.15, -0.1) is 10.2 Å². The van der Waals surface area contributed by atoms with Crippen LogP contribution in [-0.2, 0) is 17.5 Å². The number of hydroxylamine groups is 2. The Labute approximate surface area is 175 Å². The largest absolute Gasteiger partial charge is 0.416 e. The zero-order valence-corrected chi connectivity index (χ0v) is 16.3. The first-order valence-electron chi connectivity index (χ1n) is 8.29. The molecule has 0 spiro atoms. The number of hydrogen-bond acceptors (Lipinski definition) is 6. The minimum Gasteiger partial charge on any atom is -0.278 e. The topological polar surface area (TPSA) is 88.3 Å². The lowest BCUT2D eigenvalue weighted by atomic mass is 10.1. The van der Waals surface area contributed by atoms with Crippen LogP contribution in [0.1, 0.15) is 16.7 Å². The van der Waals surface area contributed by atoms with Gasteiger partial charge in [-0.3, -0.25) is 14.8 Å². The van der Waals surface area contributed by atoms with Gasteiger partial charge in [0.1, 0.15) is 5.52 Å². The summed E-state index contributed by atoms with van der Waals surface area (Å²) in [5.41, 5.74) is 0.505. The molecule has 2 amide bonds. The zero-order valence-electron chi connectivity index (χ0n) is 14.7. The van der Waals surface area contributed by atoms with Gasteiger partial charge in [0, 0.05) is 5.02 Å². The van der Waals surface area contributed by atoms with Gasteiger partial charge in [0.2, 0.25) is 0 Å². The van der Waals surface area contributed by atoms with Gasteiger partial charge in [-0.05, 0) is 53.2 Å². The average molecular weight is 455 g/mol. The number of aromatic nitrogens is 3. The van der Waals surface area contributed by atoms with Gasteiger partial charge in [0.05, 0.1) is 22.5 Å². The smallest absolute Gasteiger partial charge is 0.278 e. The first-order chi connectivity index (χ1) is 14.1. The Morgan fingerprint density at radius 2 is 1.93 bits per heavy atom. The summed E-state index contributed by atoms with van der Waals surface area (Å²) in [5, 5.41) is 16.4.